The number of nitrogens with zero attached hydrogens (tertiary/aromatic N) is 3. The van der Waals surface area contributed by atoms with E-state index in [-0.39, 0.29) is 30.0 Å². The van der Waals surface area contributed by atoms with Crippen molar-refractivity contribution >= 4 is 45.9 Å². The maximum atomic E-state index is 14.1. The van der Waals surface area contributed by atoms with Crippen LogP contribution in [0.4, 0.5) is 11.4 Å². The zero-order valence-electron chi connectivity index (χ0n) is 22.1. The monoisotopic (exact) mass is 533 g/mol. The van der Waals surface area contributed by atoms with Gasteiger partial charge in [-0.2, -0.15) is 0 Å². The molecule has 1 aliphatic carbocycles. The van der Waals surface area contributed by atoms with Gasteiger partial charge in [0.15, 0.2) is 0 Å². The minimum atomic E-state index is -0.838. The molecule has 2 saturated heterocycles. The predicted octanol–water partition coefficient (Wildman–Crippen LogP) is 4.14. The minimum absolute atomic E-state index is 0.0128. The van der Waals surface area contributed by atoms with Gasteiger partial charge in [0, 0.05) is 43.1 Å². The van der Waals surface area contributed by atoms with Gasteiger partial charge in [0.1, 0.15) is 0 Å². The number of hydrogen-bond acceptors (Lipinski definition) is 5. The maximum Gasteiger partial charge on any atom is 0.242 e. The van der Waals surface area contributed by atoms with Crippen molar-refractivity contribution in [1.82, 2.24) is 4.57 Å². The van der Waals surface area contributed by atoms with E-state index in [0.29, 0.717) is 11.4 Å². The summed E-state index contributed by atoms with van der Waals surface area (Å²) in [5.41, 5.74) is 3.43. The SMILES string of the molecule is CO[C@H]1[C@H]2C(=O)N(c3ccccc3)C(=O)[C@H]2c2c(n(C)c3ccccc23)[C@H]1C1CC(=O)N(c2ccccc2)C1=O. The third-order valence-corrected chi connectivity index (χ3v) is 8.79. The highest BCUT2D eigenvalue weighted by Crippen LogP contribution is 2.56. The van der Waals surface area contributed by atoms with Crippen molar-refractivity contribution < 1.29 is 23.9 Å². The summed E-state index contributed by atoms with van der Waals surface area (Å²) in [5.74, 6) is -4.26. The quantitative estimate of drug-likeness (QED) is 0.368. The Balaban J connectivity index is 1.44. The molecule has 200 valence electrons. The molecule has 0 radical (unpaired) electrons. The number of ether oxygens (including phenoxy) is 1. The molecule has 2 aliphatic heterocycles. The van der Waals surface area contributed by atoms with E-state index in [1.807, 2.05) is 48.0 Å². The van der Waals surface area contributed by atoms with Gasteiger partial charge < -0.3 is 9.30 Å². The molecule has 0 spiro atoms. The molecule has 4 aromatic rings. The van der Waals surface area contributed by atoms with Crippen molar-refractivity contribution in [1.29, 1.82) is 0 Å². The van der Waals surface area contributed by atoms with Crippen LogP contribution in [0.25, 0.3) is 10.9 Å². The molecule has 0 saturated carbocycles. The molecule has 1 aromatic heterocycles. The molecular formula is C32H27N3O5. The summed E-state index contributed by atoms with van der Waals surface area (Å²) >= 11 is 0. The lowest BCUT2D eigenvalue weighted by Crippen LogP contribution is -2.46. The first-order valence-electron chi connectivity index (χ1n) is 13.4. The number of imide groups is 2. The summed E-state index contributed by atoms with van der Waals surface area (Å²) in [4.78, 5) is 58.1. The Hall–Kier alpha value is -4.56. The largest absolute Gasteiger partial charge is 0.380 e. The van der Waals surface area contributed by atoms with Gasteiger partial charge in [-0.05, 0) is 35.9 Å². The molecule has 40 heavy (non-hydrogen) atoms. The second-order valence-corrected chi connectivity index (χ2v) is 10.7. The van der Waals surface area contributed by atoms with Crippen molar-refractivity contribution in [3.63, 3.8) is 0 Å². The third-order valence-electron chi connectivity index (χ3n) is 8.79. The average molecular weight is 534 g/mol. The predicted molar refractivity (Wildman–Crippen MR) is 149 cm³/mol. The van der Waals surface area contributed by atoms with Crippen LogP contribution < -0.4 is 9.80 Å². The third kappa shape index (κ3) is 3.23. The van der Waals surface area contributed by atoms with E-state index in [2.05, 4.69) is 0 Å². The fourth-order valence-corrected chi connectivity index (χ4v) is 7.21. The van der Waals surface area contributed by atoms with E-state index in [0.717, 1.165) is 22.2 Å². The zero-order chi connectivity index (χ0) is 27.7. The first-order chi connectivity index (χ1) is 19.4. The number of hydrogen-bond donors (Lipinski definition) is 0. The number of aryl methyl sites for hydroxylation is 1. The molecule has 5 atom stereocenters. The standard InChI is InChI=1S/C32H27N3O5/c1-33-22-16-10-9-15-20(22)24-26-27(32(39)35(31(26)38)19-13-7-4-8-14-19)29(40-2)25(28(24)33)21-17-23(36)34(30(21)37)18-11-5-3-6-12-18/h3-16,21,25-27,29H,17H2,1-2H3/t21?,25-,26+,27+,29-/m1/s1. The Kier molecular flexibility index (Phi) is 5.50. The minimum Gasteiger partial charge on any atom is -0.380 e. The van der Waals surface area contributed by atoms with Crippen LogP contribution in [-0.4, -0.2) is 41.4 Å². The van der Waals surface area contributed by atoms with Gasteiger partial charge in [0.2, 0.25) is 23.6 Å². The van der Waals surface area contributed by atoms with E-state index >= 15 is 0 Å². The highest BCUT2D eigenvalue weighted by atomic mass is 16.5. The first-order valence-corrected chi connectivity index (χ1v) is 13.4. The maximum absolute atomic E-state index is 14.1. The van der Waals surface area contributed by atoms with E-state index < -0.39 is 29.8 Å². The number of benzene rings is 3. The highest BCUT2D eigenvalue weighted by Gasteiger charge is 2.62. The summed E-state index contributed by atoms with van der Waals surface area (Å²) in [6.07, 6.45) is -0.802. The molecule has 8 heteroatoms. The van der Waals surface area contributed by atoms with Gasteiger partial charge in [-0.3, -0.25) is 24.1 Å². The lowest BCUT2D eigenvalue weighted by molar-refractivity contribution is -0.130. The van der Waals surface area contributed by atoms with Crippen LogP contribution in [0.3, 0.4) is 0 Å². The Morgan fingerprint density at radius 1 is 0.700 bits per heavy atom. The van der Waals surface area contributed by atoms with Crippen LogP contribution >= 0.6 is 0 Å². The number of carbonyl (C=O) groups is 4. The molecule has 0 N–H and O–H groups in total. The molecule has 0 bridgehead atoms. The van der Waals surface area contributed by atoms with Crippen LogP contribution in [0.5, 0.6) is 0 Å². The van der Waals surface area contributed by atoms with Gasteiger partial charge >= 0.3 is 0 Å². The van der Waals surface area contributed by atoms with Crippen LogP contribution in [0.15, 0.2) is 84.9 Å². The summed E-state index contributed by atoms with van der Waals surface area (Å²) < 4.78 is 8.07. The van der Waals surface area contributed by atoms with Crippen LogP contribution in [0, 0.1) is 11.8 Å². The number of amides is 4. The Labute approximate surface area is 230 Å². The number of aromatic nitrogens is 1. The fraction of sp³-hybridized carbons (Fsp3) is 0.250. The van der Waals surface area contributed by atoms with Gasteiger partial charge in [0.05, 0.1) is 35.2 Å². The topological polar surface area (TPSA) is 88.9 Å². The van der Waals surface area contributed by atoms with E-state index in [1.54, 1.807) is 48.5 Å². The van der Waals surface area contributed by atoms with Crippen molar-refractivity contribution in [3.05, 3.63) is 96.2 Å². The number of fused-ring (bicyclic) bond motifs is 5. The number of rotatable bonds is 4. The fourth-order valence-electron chi connectivity index (χ4n) is 7.21. The lowest BCUT2D eigenvalue weighted by Gasteiger charge is -2.39. The van der Waals surface area contributed by atoms with E-state index in [4.69, 9.17) is 4.74 Å². The molecule has 4 amide bonds. The Bertz CT molecular complexity index is 1700. The van der Waals surface area contributed by atoms with Gasteiger partial charge in [-0.15, -0.1) is 0 Å². The highest BCUT2D eigenvalue weighted by molar-refractivity contribution is 6.25. The van der Waals surface area contributed by atoms with Crippen LogP contribution in [0.1, 0.15) is 29.5 Å². The number of methoxy groups -OCH3 is 1. The first kappa shape index (κ1) is 24.5. The molecule has 7 rings (SSSR count). The van der Waals surface area contributed by atoms with Gasteiger partial charge in [-0.1, -0.05) is 54.6 Å². The van der Waals surface area contributed by atoms with E-state index in [1.165, 1.54) is 16.9 Å². The number of para-hydroxylation sites is 3. The lowest BCUT2D eigenvalue weighted by atomic mass is 9.67. The molecule has 3 aliphatic rings. The summed E-state index contributed by atoms with van der Waals surface area (Å²) in [6, 6.07) is 25.5. The van der Waals surface area contributed by atoms with Gasteiger partial charge in [0.25, 0.3) is 0 Å². The molecule has 8 nitrogen and oxygen atoms in total. The van der Waals surface area contributed by atoms with Crippen molar-refractivity contribution in [2.75, 3.05) is 16.9 Å². The summed E-state index contributed by atoms with van der Waals surface area (Å²) in [6.45, 7) is 0. The smallest absolute Gasteiger partial charge is 0.242 e. The summed E-state index contributed by atoms with van der Waals surface area (Å²) in [5, 5.41) is 0.863. The summed E-state index contributed by atoms with van der Waals surface area (Å²) in [7, 11) is 3.43. The van der Waals surface area contributed by atoms with Crippen molar-refractivity contribution in [3.8, 4) is 0 Å². The normalized spacial score (nSPS) is 26.1. The molecule has 2 fully saturated rings. The van der Waals surface area contributed by atoms with Crippen molar-refractivity contribution in [2.45, 2.75) is 24.4 Å². The molecule has 3 heterocycles. The molecule has 1 unspecified atom stereocenters. The number of carbonyl (C=O) groups excluding carboxylic acids is 4. The van der Waals surface area contributed by atoms with Crippen molar-refractivity contribution in [2.24, 2.45) is 18.9 Å². The van der Waals surface area contributed by atoms with E-state index in [9.17, 15) is 19.2 Å². The zero-order valence-corrected chi connectivity index (χ0v) is 22.1. The second kappa shape index (κ2) is 8.99. The number of anilines is 2. The van der Waals surface area contributed by atoms with Gasteiger partial charge in [-0.25, -0.2) is 4.90 Å². The Morgan fingerprint density at radius 3 is 1.95 bits per heavy atom. The average Bonchev–Trinajstić information content (AvgIpc) is 3.54. The van der Waals surface area contributed by atoms with Crippen LogP contribution in [0.2, 0.25) is 0 Å². The molecule has 3 aromatic carbocycles. The second-order valence-electron chi connectivity index (χ2n) is 10.7. The Morgan fingerprint density at radius 2 is 1.30 bits per heavy atom. The molecular weight excluding hydrogens is 506 g/mol. The van der Waals surface area contributed by atoms with Crippen LogP contribution in [-0.2, 0) is 31.0 Å².